The number of hydrogen-bond donors (Lipinski definition) is 1. The largest absolute Gasteiger partial charge is 0.352 e. The summed E-state index contributed by atoms with van der Waals surface area (Å²) in [5.41, 5.74) is 1.67. The third-order valence-corrected chi connectivity index (χ3v) is 6.68. The van der Waals surface area contributed by atoms with Gasteiger partial charge in [0.05, 0.1) is 16.5 Å². The van der Waals surface area contributed by atoms with E-state index in [2.05, 4.69) is 5.32 Å². The molecule has 7 heteroatoms. The average molecular weight is 482 g/mol. The van der Waals surface area contributed by atoms with Crippen LogP contribution in [0.4, 0.5) is 0 Å². The summed E-state index contributed by atoms with van der Waals surface area (Å²) in [5, 5.41) is 4.64. The third-order valence-electron chi connectivity index (χ3n) is 5.69. The molecule has 1 fully saturated rings. The minimum Gasteiger partial charge on any atom is -0.352 e. The Kier molecular flexibility index (Phi) is 8.65. The molecule has 1 aliphatic carbocycles. The van der Waals surface area contributed by atoms with E-state index in [1.807, 2.05) is 25.1 Å². The summed E-state index contributed by atoms with van der Waals surface area (Å²) in [6, 6.07) is 12.1. The predicted molar refractivity (Wildman–Crippen MR) is 127 cm³/mol. The SMILES string of the molecule is CC[C@@H](C(=O)NC1CCCC1)N(Cc1ccc(Cl)c(Cl)c1)C(=O)Cc1ccc(Cl)cc1. The van der Waals surface area contributed by atoms with Gasteiger partial charge in [-0.2, -0.15) is 0 Å². The van der Waals surface area contributed by atoms with Gasteiger partial charge in [0.25, 0.3) is 0 Å². The molecular formula is C24H27Cl3N2O2. The number of nitrogens with one attached hydrogen (secondary N) is 1. The second-order valence-electron chi connectivity index (χ2n) is 7.99. The summed E-state index contributed by atoms with van der Waals surface area (Å²) in [7, 11) is 0. The van der Waals surface area contributed by atoms with E-state index in [9.17, 15) is 9.59 Å². The molecule has 3 rings (SSSR count). The number of amides is 2. The monoisotopic (exact) mass is 480 g/mol. The quantitative estimate of drug-likeness (QED) is 0.498. The van der Waals surface area contributed by atoms with Crippen LogP contribution in [-0.2, 0) is 22.6 Å². The highest BCUT2D eigenvalue weighted by atomic mass is 35.5. The summed E-state index contributed by atoms with van der Waals surface area (Å²) < 4.78 is 0. The van der Waals surface area contributed by atoms with Crippen molar-refractivity contribution >= 4 is 46.6 Å². The van der Waals surface area contributed by atoms with Crippen molar-refractivity contribution in [1.82, 2.24) is 10.2 Å². The van der Waals surface area contributed by atoms with Crippen LogP contribution >= 0.6 is 34.8 Å². The van der Waals surface area contributed by atoms with Gasteiger partial charge >= 0.3 is 0 Å². The van der Waals surface area contributed by atoms with Crippen LogP contribution in [0, 0.1) is 0 Å². The van der Waals surface area contributed by atoms with Crippen LogP contribution in [0.3, 0.4) is 0 Å². The molecular weight excluding hydrogens is 455 g/mol. The van der Waals surface area contributed by atoms with Crippen molar-refractivity contribution < 1.29 is 9.59 Å². The lowest BCUT2D eigenvalue weighted by molar-refractivity contribution is -0.141. The van der Waals surface area contributed by atoms with Crippen LogP contribution in [0.5, 0.6) is 0 Å². The Labute approximate surface area is 198 Å². The van der Waals surface area contributed by atoms with E-state index < -0.39 is 6.04 Å². The van der Waals surface area contributed by atoms with Gasteiger partial charge in [-0.1, -0.05) is 72.8 Å². The number of carbonyl (C=O) groups is 2. The van der Waals surface area contributed by atoms with Crippen molar-refractivity contribution in [3.8, 4) is 0 Å². The molecule has 1 N–H and O–H groups in total. The molecule has 1 saturated carbocycles. The zero-order chi connectivity index (χ0) is 22.4. The van der Waals surface area contributed by atoms with Gasteiger partial charge < -0.3 is 10.2 Å². The Balaban J connectivity index is 1.83. The highest BCUT2D eigenvalue weighted by Crippen LogP contribution is 2.25. The van der Waals surface area contributed by atoms with Gasteiger partial charge in [0.1, 0.15) is 6.04 Å². The average Bonchev–Trinajstić information content (AvgIpc) is 3.25. The van der Waals surface area contributed by atoms with Crippen LogP contribution in [0.1, 0.15) is 50.2 Å². The van der Waals surface area contributed by atoms with Gasteiger partial charge in [0, 0.05) is 17.6 Å². The van der Waals surface area contributed by atoms with Gasteiger partial charge in [0.15, 0.2) is 0 Å². The standard InChI is InChI=1S/C24H27Cl3N2O2/c1-2-22(24(31)28-19-5-3-4-6-19)29(15-17-9-12-20(26)21(27)13-17)23(30)14-16-7-10-18(25)11-8-16/h7-13,19,22H,2-6,14-15H2,1H3,(H,28,31)/t22-/m0/s1. The molecule has 0 aromatic heterocycles. The Morgan fingerprint density at radius 2 is 1.65 bits per heavy atom. The summed E-state index contributed by atoms with van der Waals surface area (Å²) in [6.45, 7) is 2.20. The molecule has 0 heterocycles. The number of halogens is 3. The zero-order valence-corrected chi connectivity index (χ0v) is 19.8. The van der Waals surface area contributed by atoms with Crippen molar-refractivity contribution in [2.75, 3.05) is 0 Å². The zero-order valence-electron chi connectivity index (χ0n) is 17.5. The van der Waals surface area contributed by atoms with Gasteiger partial charge in [0.2, 0.25) is 11.8 Å². The minimum atomic E-state index is -0.560. The highest BCUT2D eigenvalue weighted by molar-refractivity contribution is 6.42. The molecule has 2 amide bonds. The molecule has 166 valence electrons. The van der Waals surface area contributed by atoms with Crippen molar-refractivity contribution in [3.05, 3.63) is 68.7 Å². The van der Waals surface area contributed by atoms with Crippen LogP contribution in [0.15, 0.2) is 42.5 Å². The third kappa shape index (κ3) is 6.61. The second-order valence-corrected chi connectivity index (χ2v) is 9.24. The molecule has 2 aromatic rings. The Bertz CT molecular complexity index is 912. The lowest BCUT2D eigenvalue weighted by Gasteiger charge is -2.31. The molecule has 2 aromatic carbocycles. The van der Waals surface area contributed by atoms with Crippen LogP contribution in [0.25, 0.3) is 0 Å². The number of benzene rings is 2. The first-order valence-electron chi connectivity index (χ1n) is 10.7. The molecule has 0 spiro atoms. The highest BCUT2D eigenvalue weighted by Gasteiger charge is 2.30. The molecule has 1 aliphatic rings. The van der Waals surface area contributed by atoms with E-state index >= 15 is 0 Å². The smallest absolute Gasteiger partial charge is 0.243 e. The van der Waals surface area contributed by atoms with Crippen molar-refractivity contribution in [2.24, 2.45) is 0 Å². The first kappa shape index (κ1) is 23.9. The van der Waals surface area contributed by atoms with Gasteiger partial charge in [-0.3, -0.25) is 9.59 Å². The van der Waals surface area contributed by atoms with Crippen molar-refractivity contribution in [3.63, 3.8) is 0 Å². The molecule has 0 aliphatic heterocycles. The number of carbonyl (C=O) groups excluding carboxylic acids is 2. The molecule has 0 bridgehead atoms. The normalized spacial score (nSPS) is 15.0. The summed E-state index contributed by atoms with van der Waals surface area (Å²) in [5.74, 6) is -0.222. The molecule has 1 atom stereocenters. The van der Waals surface area contributed by atoms with E-state index in [0.29, 0.717) is 21.5 Å². The lowest BCUT2D eigenvalue weighted by atomic mass is 10.1. The fourth-order valence-corrected chi connectivity index (χ4v) is 4.45. The molecule has 0 unspecified atom stereocenters. The Morgan fingerprint density at radius 3 is 2.26 bits per heavy atom. The molecule has 31 heavy (non-hydrogen) atoms. The first-order valence-corrected chi connectivity index (χ1v) is 11.8. The summed E-state index contributed by atoms with van der Waals surface area (Å²) >= 11 is 18.2. The fraction of sp³-hybridized carbons (Fsp3) is 0.417. The maximum Gasteiger partial charge on any atom is 0.243 e. The Hall–Kier alpha value is -1.75. The lowest BCUT2D eigenvalue weighted by Crippen LogP contribution is -2.51. The Morgan fingerprint density at radius 1 is 1.00 bits per heavy atom. The van der Waals surface area contributed by atoms with Crippen LogP contribution in [-0.4, -0.2) is 28.8 Å². The van der Waals surface area contributed by atoms with Crippen molar-refractivity contribution in [1.29, 1.82) is 0 Å². The first-order chi connectivity index (χ1) is 14.9. The summed E-state index contributed by atoms with van der Waals surface area (Å²) in [4.78, 5) is 28.1. The predicted octanol–water partition coefficient (Wildman–Crippen LogP) is 6.06. The van der Waals surface area contributed by atoms with E-state index in [4.69, 9.17) is 34.8 Å². The van der Waals surface area contributed by atoms with Crippen LogP contribution in [0.2, 0.25) is 15.1 Å². The number of rotatable bonds is 8. The van der Waals surface area contributed by atoms with Gasteiger partial charge in [-0.05, 0) is 54.7 Å². The second kappa shape index (κ2) is 11.2. The molecule has 0 radical (unpaired) electrons. The molecule has 0 saturated heterocycles. The number of hydrogen-bond acceptors (Lipinski definition) is 2. The van der Waals surface area contributed by atoms with E-state index in [0.717, 1.165) is 36.8 Å². The summed E-state index contributed by atoms with van der Waals surface area (Å²) in [6.07, 6.45) is 4.95. The van der Waals surface area contributed by atoms with E-state index in [1.54, 1.807) is 29.2 Å². The van der Waals surface area contributed by atoms with Crippen molar-refractivity contribution in [2.45, 2.75) is 64.1 Å². The maximum atomic E-state index is 13.3. The van der Waals surface area contributed by atoms with E-state index in [1.165, 1.54) is 0 Å². The van der Waals surface area contributed by atoms with Gasteiger partial charge in [-0.15, -0.1) is 0 Å². The molecule has 4 nitrogen and oxygen atoms in total. The van der Waals surface area contributed by atoms with E-state index in [-0.39, 0.29) is 30.8 Å². The van der Waals surface area contributed by atoms with Gasteiger partial charge in [-0.25, -0.2) is 0 Å². The number of nitrogens with zero attached hydrogens (tertiary/aromatic N) is 1. The van der Waals surface area contributed by atoms with Crippen LogP contribution < -0.4 is 5.32 Å². The minimum absolute atomic E-state index is 0.0982. The fourth-order valence-electron chi connectivity index (χ4n) is 4.00. The topological polar surface area (TPSA) is 49.4 Å². The maximum absolute atomic E-state index is 13.3.